The SMILES string of the molecule is CCc1c(C)c(O)c(C)c(C)c1OC(=O)O. The number of phenols is 1. The van der Waals surface area contributed by atoms with E-state index in [4.69, 9.17) is 9.84 Å². The second kappa shape index (κ2) is 4.43. The van der Waals surface area contributed by atoms with Gasteiger partial charge in [0.05, 0.1) is 0 Å². The minimum atomic E-state index is -1.33. The maximum absolute atomic E-state index is 10.6. The first kappa shape index (κ1) is 12.4. The lowest BCUT2D eigenvalue weighted by Gasteiger charge is -2.17. The molecule has 1 aromatic rings. The summed E-state index contributed by atoms with van der Waals surface area (Å²) < 4.78 is 4.79. The van der Waals surface area contributed by atoms with Gasteiger partial charge in [0.1, 0.15) is 11.5 Å². The first-order valence-electron chi connectivity index (χ1n) is 5.12. The number of aromatic hydroxyl groups is 1. The van der Waals surface area contributed by atoms with Crippen LogP contribution in [0.15, 0.2) is 0 Å². The standard InChI is InChI=1S/C12H16O4/c1-5-9-8(4)10(13)6(2)7(3)11(9)16-12(14)15/h13H,5H2,1-4H3,(H,14,15). The molecule has 0 bridgehead atoms. The lowest BCUT2D eigenvalue weighted by molar-refractivity contribution is 0.143. The monoisotopic (exact) mass is 224 g/mol. The van der Waals surface area contributed by atoms with Crippen LogP contribution in [0.2, 0.25) is 0 Å². The molecule has 4 nitrogen and oxygen atoms in total. The Bertz CT molecular complexity index is 435. The van der Waals surface area contributed by atoms with Gasteiger partial charge in [-0.1, -0.05) is 6.92 Å². The van der Waals surface area contributed by atoms with Crippen molar-refractivity contribution in [3.63, 3.8) is 0 Å². The lowest BCUT2D eigenvalue weighted by atomic mass is 9.96. The van der Waals surface area contributed by atoms with E-state index in [9.17, 15) is 9.90 Å². The summed E-state index contributed by atoms with van der Waals surface area (Å²) in [5.74, 6) is 0.565. The molecule has 0 spiro atoms. The molecule has 0 aliphatic carbocycles. The molecule has 0 atom stereocenters. The van der Waals surface area contributed by atoms with Gasteiger partial charge in [0.25, 0.3) is 0 Å². The number of carbonyl (C=O) groups is 1. The molecule has 0 amide bonds. The van der Waals surface area contributed by atoms with E-state index >= 15 is 0 Å². The first-order chi connectivity index (χ1) is 7.40. The summed E-state index contributed by atoms with van der Waals surface area (Å²) in [4.78, 5) is 10.6. The van der Waals surface area contributed by atoms with Gasteiger partial charge in [-0.15, -0.1) is 0 Å². The normalized spacial score (nSPS) is 10.2. The first-order valence-corrected chi connectivity index (χ1v) is 5.12. The van der Waals surface area contributed by atoms with Gasteiger partial charge in [0.15, 0.2) is 0 Å². The predicted octanol–water partition coefficient (Wildman–Crippen LogP) is 2.94. The van der Waals surface area contributed by atoms with E-state index in [2.05, 4.69) is 0 Å². The molecule has 16 heavy (non-hydrogen) atoms. The van der Waals surface area contributed by atoms with Crippen molar-refractivity contribution in [3.05, 3.63) is 22.3 Å². The van der Waals surface area contributed by atoms with Gasteiger partial charge in [-0.2, -0.15) is 0 Å². The van der Waals surface area contributed by atoms with Crippen LogP contribution in [-0.4, -0.2) is 16.4 Å². The van der Waals surface area contributed by atoms with Crippen LogP contribution in [0.4, 0.5) is 4.79 Å². The van der Waals surface area contributed by atoms with Crippen LogP contribution in [-0.2, 0) is 6.42 Å². The van der Waals surface area contributed by atoms with Gasteiger partial charge >= 0.3 is 6.16 Å². The van der Waals surface area contributed by atoms with Crippen molar-refractivity contribution in [1.29, 1.82) is 0 Å². The molecule has 0 aliphatic rings. The largest absolute Gasteiger partial charge is 0.511 e. The van der Waals surface area contributed by atoms with Gasteiger partial charge in [-0.05, 0) is 43.9 Å². The third-order valence-corrected chi connectivity index (χ3v) is 2.88. The molecule has 1 rings (SSSR count). The number of rotatable bonds is 2. The fourth-order valence-electron chi connectivity index (χ4n) is 1.82. The molecule has 0 radical (unpaired) electrons. The number of ether oxygens (including phenoxy) is 1. The molecule has 0 fully saturated rings. The quantitative estimate of drug-likeness (QED) is 0.598. The molecule has 0 heterocycles. The van der Waals surface area contributed by atoms with Crippen molar-refractivity contribution in [1.82, 2.24) is 0 Å². The Morgan fingerprint density at radius 2 is 1.75 bits per heavy atom. The van der Waals surface area contributed by atoms with Crippen LogP contribution < -0.4 is 4.74 Å². The highest BCUT2D eigenvalue weighted by Crippen LogP contribution is 2.37. The Balaban J connectivity index is 3.50. The number of hydrogen-bond donors (Lipinski definition) is 2. The van der Waals surface area contributed by atoms with Gasteiger partial charge in [0, 0.05) is 5.56 Å². The van der Waals surface area contributed by atoms with Crippen LogP contribution in [0.3, 0.4) is 0 Å². The maximum atomic E-state index is 10.6. The smallest absolute Gasteiger partial charge is 0.507 e. The second-order valence-corrected chi connectivity index (χ2v) is 3.75. The van der Waals surface area contributed by atoms with E-state index in [1.807, 2.05) is 6.92 Å². The molecule has 0 unspecified atom stereocenters. The number of hydrogen-bond acceptors (Lipinski definition) is 3. The summed E-state index contributed by atoms with van der Waals surface area (Å²) in [6.07, 6.45) is -0.717. The topological polar surface area (TPSA) is 66.8 Å². The summed E-state index contributed by atoms with van der Waals surface area (Å²) in [6.45, 7) is 7.14. The van der Waals surface area contributed by atoms with E-state index in [1.54, 1.807) is 20.8 Å². The fraction of sp³-hybridized carbons (Fsp3) is 0.417. The van der Waals surface area contributed by atoms with Crippen molar-refractivity contribution in [2.45, 2.75) is 34.1 Å². The summed E-state index contributed by atoms with van der Waals surface area (Å²) in [5.41, 5.74) is 2.75. The van der Waals surface area contributed by atoms with Crippen LogP contribution in [0.25, 0.3) is 0 Å². The Morgan fingerprint density at radius 1 is 1.19 bits per heavy atom. The third-order valence-electron chi connectivity index (χ3n) is 2.88. The third kappa shape index (κ3) is 1.96. The number of benzene rings is 1. The minimum absolute atomic E-state index is 0.215. The average Bonchev–Trinajstić information content (AvgIpc) is 2.23. The zero-order chi connectivity index (χ0) is 12.5. The molecule has 0 aliphatic heterocycles. The van der Waals surface area contributed by atoms with Crippen molar-refractivity contribution < 1.29 is 19.7 Å². The lowest BCUT2D eigenvalue weighted by Crippen LogP contribution is -2.08. The molecule has 2 N–H and O–H groups in total. The van der Waals surface area contributed by atoms with E-state index in [1.165, 1.54) is 0 Å². The highest BCUT2D eigenvalue weighted by Gasteiger charge is 2.18. The molecule has 1 aromatic carbocycles. The van der Waals surface area contributed by atoms with Crippen molar-refractivity contribution in [3.8, 4) is 11.5 Å². The minimum Gasteiger partial charge on any atom is -0.507 e. The Labute approximate surface area is 94.5 Å². The van der Waals surface area contributed by atoms with Crippen LogP contribution in [0, 0.1) is 20.8 Å². The highest BCUT2D eigenvalue weighted by atomic mass is 16.7. The van der Waals surface area contributed by atoms with Gasteiger partial charge in [0.2, 0.25) is 0 Å². The molecule has 4 heteroatoms. The van der Waals surface area contributed by atoms with Crippen molar-refractivity contribution >= 4 is 6.16 Å². The highest BCUT2D eigenvalue weighted by molar-refractivity contribution is 5.66. The molecule has 0 aromatic heterocycles. The number of carboxylic acid groups (broad SMARTS) is 1. The zero-order valence-electron chi connectivity index (χ0n) is 9.92. The van der Waals surface area contributed by atoms with Gasteiger partial charge in [-0.25, -0.2) is 4.79 Å². The van der Waals surface area contributed by atoms with Gasteiger partial charge < -0.3 is 14.9 Å². The summed E-state index contributed by atoms with van der Waals surface area (Å²) in [5, 5.41) is 18.5. The number of phenolic OH excluding ortho intramolecular Hbond substituents is 1. The average molecular weight is 224 g/mol. The van der Waals surface area contributed by atoms with Gasteiger partial charge in [-0.3, -0.25) is 0 Å². The zero-order valence-corrected chi connectivity index (χ0v) is 9.92. The Hall–Kier alpha value is -1.71. The van der Waals surface area contributed by atoms with Crippen LogP contribution in [0.5, 0.6) is 11.5 Å². The summed E-state index contributed by atoms with van der Waals surface area (Å²) >= 11 is 0. The fourth-order valence-corrected chi connectivity index (χ4v) is 1.82. The van der Waals surface area contributed by atoms with E-state index in [0.29, 0.717) is 28.9 Å². The van der Waals surface area contributed by atoms with Crippen LogP contribution >= 0.6 is 0 Å². The second-order valence-electron chi connectivity index (χ2n) is 3.75. The van der Waals surface area contributed by atoms with Crippen LogP contribution in [0.1, 0.15) is 29.2 Å². The molecule has 88 valence electrons. The van der Waals surface area contributed by atoms with Crippen molar-refractivity contribution in [2.24, 2.45) is 0 Å². The van der Waals surface area contributed by atoms with E-state index < -0.39 is 6.16 Å². The predicted molar refractivity (Wildman–Crippen MR) is 60.3 cm³/mol. The summed E-state index contributed by atoms with van der Waals surface area (Å²) in [6, 6.07) is 0. The van der Waals surface area contributed by atoms with E-state index in [0.717, 1.165) is 5.56 Å². The Morgan fingerprint density at radius 3 is 2.19 bits per heavy atom. The molecule has 0 saturated carbocycles. The summed E-state index contributed by atoms with van der Waals surface area (Å²) in [7, 11) is 0. The molecular weight excluding hydrogens is 208 g/mol. The van der Waals surface area contributed by atoms with E-state index in [-0.39, 0.29) is 5.75 Å². The van der Waals surface area contributed by atoms with Crippen molar-refractivity contribution in [2.75, 3.05) is 0 Å². The molecule has 0 saturated heterocycles. The molecular formula is C12H16O4. The maximum Gasteiger partial charge on any atom is 0.511 e. The Kier molecular flexibility index (Phi) is 3.42.